The Bertz CT molecular complexity index is 855. The lowest BCUT2D eigenvalue weighted by Crippen LogP contribution is -2.55. The van der Waals surface area contributed by atoms with Crippen molar-refractivity contribution in [3.05, 3.63) is 17.1 Å². The molecular formula is C23H36N4O6. The Kier molecular flexibility index (Phi) is 7.79. The van der Waals surface area contributed by atoms with E-state index in [2.05, 4.69) is 15.3 Å². The number of aryl methyl sites for hydroxylation is 1. The van der Waals surface area contributed by atoms with Crippen LogP contribution in [0.1, 0.15) is 70.8 Å². The third-order valence-electron chi connectivity index (χ3n) is 5.53. The van der Waals surface area contributed by atoms with Gasteiger partial charge in [-0.05, 0) is 54.4 Å². The molecule has 1 N–H and O–H groups in total. The third kappa shape index (κ3) is 6.77. The highest BCUT2D eigenvalue weighted by atomic mass is 16.7. The van der Waals surface area contributed by atoms with E-state index in [4.69, 9.17) is 18.9 Å². The van der Waals surface area contributed by atoms with Crippen LogP contribution in [0.15, 0.2) is 0 Å². The number of piperidine rings is 1. The SMILES string of the molecule is CCOc1nc(C)nc(CC(=O)NC2(C)CCN(C(=O)OC(C)(C)C)CC2)c1C1OCCO1. The number of likely N-dealkylation sites (tertiary alicyclic amines) is 1. The minimum Gasteiger partial charge on any atom is -0.478 e. The van der Waals surface area contributed by atoms with Crippen LogP contribution in [-0.2, 0) is 25.4 Å². The number of carbonyl (C=O) groups excluding carboxylic acids is 2. The standard InChI is InChI=1S/C23H36N4O6/c1-7-30-19-18(20-31-12-13-32-20)16(24-15(2)25-19)14-17(28)26-23(6)8-10-27(11-9-23)21(29)33-22(3,4)5/h20H,7-14H2,1-6H3,(H,26,28). The van der Waals surface area contributed by atoms with Gasteiger partial charge in [-0.1, -0.05) is 0 Å². The molecule has 0 atom stereocenters. The first-order chi connectivity index (χ1) is 15.5. The van der Waals surface area contributed by atoms with Gasteiger partial charge in [-0.15, -0.1) is 0 Å². The second-order valence-electron chi connectivity index (χ2n) is 9.70. The van der Waals surface area contributed by atoms with Gasteiger partial charge < -0.3 is 29.2 Å². The van der Waals surface area contributed by atoms with E-state index in [-0.39, 0.29) is 18.4 Å². The smallest absolute Gasteiger partial charge is 0.410 e. The van der Waals surface area contributed by atoms with Crippen LogP contribution in [0, 0.1) is 6.92 Å². The highest BCUT2D eigenvalue weighted by molar-refractivity contribution is 5.79. The lowest BCUT2D eigenvalue weighted by molar-refractivity contribution is -0.122. The molecule has 0 spiro atoms. The van der Waals surface area contributed by atoms with Gasteiger partial charge in [0.25, 0.3) is 0 Å². The molecule has 10 heteroatoms. The van der Waals surface area contributed by atoms with Crippen LogP contribution in [-0.4, -0.2) is 70.9 Å². The molecule has 0 aliphatic carbocycles. The van der Waals surface area contributed by atoms with E-state index in [9.17, 15) is 9.59 Å². The number of nitrogens with one attached hydrogen (secondary N) is 1. The summed E-state index contributed by atoms with van der Waals surface area (Å²) in [5, 5.41) is 3.14. The first-order valence-corrected chi connectivity index (χ1v) is 11.5. The van der Waals surface area contributed by atoms with E-state index in [0.29, 0.717) is 68.7 Å². The number of aromatic nitrogens is 2. The number of hydrogen-bond donors (Lipinski definition) is 1. The zero-order chi connectivity index (χ0) is 24.2. The Morgan fingerprint density at radius 2 is 1.82 bits per heavy atom. The number of rotatable bonds is 6. The van der Waals surface area contributed by atoms with Gasteiger partial charge in [-0.2, -0.15) is 4.98 Å². The minimum atomic E-state index is -0.650. The van der Waals surface area contributed by atoms with Crippen molar-refractivity contribution < 1.29 is 28.5 Å². The Morgan fingerprint density at radius 1 is 1.18 bits per heavy atom. The fourth-order valence-electron chi connectivity index (χ4n) is 3.92. The fourth-order valence-corrected chi connectivity index (χ4v) is 3.92. The first kappa shape index (κ1) is 25.2. The number of carbonyl (C=O) groups is 2. The fraction of sp³-hybridized carbons (Fsp3) is 0.739. The Morgan fingerprint density at radius 3 is 2.39 bits per heavy atom. The van der Waals surface area contributed by atoms with Crippen molar-refractivity contribution in [2.45, 2.75) is 78.2 Å². The summed E-state index contributed by atoms with van der Waals surface area (Å²) in [5.74, 6) is 0.736. The van der Waals surface area contributed by atoms with E-state index in [1.54, 1.807) is 11.8 Å². The van der Waals surface area contributed by atoms with Crippen LogP contribution in [0.2, 0.25) is 0 Å². The lowest BCUT2D eigenvalue weighted by atomic mass is 9.89. The van der Waals surface area contributed by atoms with Gasteiger partial charge in [-0.3, -0.25) is 4.79 Å². The van der Waals surface area contributed by atoms with Gasteiger partial charge in [0.15, 0.2) is 6.29 Å². The maximum Gasteiger partial charge on any atom is 0.410 e. The lowest BCUT2D eigenvalue weighted by Gasteiger charge is -2.40. The van der Waals surface area contributed by atoms with Crippen molar-refractivity contribution in [1.82, 2.24) is 20.2 Å². The molecule has 2 saturated heterocycles. The summed E-state index contributed by atoms with van der Waals surface area (Å²) in [4.78, 5) is 35.9. The molecule has 10 nitrogen and oxygen atoms in total. The molecule has 0 bridgehead atoms. The van der Waals surface area contributed by atoms with Crippen LogP contribution in [0.5, 0.6) is 5.88 Å². The molecule has 0 aromatic carbocycles. The van der Waals surface area contributed by atoms with Crippen molar-refractivity contribution in [3.8, 4) is 5.88 Å². The van der Waals surface area contributed by atoms with Crippen LogP contribution in [0.25, 0.3) is 0 Å². The number of amides is 2. The molecule has 0 saturated carbocycles. The summed E-state index contributed by atoms with van der Waals surface area (Å²) >= 11 is 0. The molecule has 0 unspecified atom stereocenters. The van der Waals surface area contributed by atoms with E-state index >= 15 is 0 Å². The summed E-state index contributed by atoms with van der Waals surface area (Å²) in [6.07, 6.45) is 0.340. The van der Waals surface area contributed by atoms with Crippen molar-refractivity contribution >= 4 is 12.0 Å². The van der Waals surface area contributed by atoms with E-state index in [0.717, 1.165) is 0 Å². The Balaban J connectivity index is 1.67. The normalized spacial score (nSPS) is 18.8. The highest BCUT2D eigenvalue weighted by Gasteiger charge is 2.35. The van der Waals surface area contributed by atoms with Gasteiger partial charge in [0.05, 0.1) is 37.5 Å². The van der Waals surface area contributed by atoms with Crippen LogP contribution in [0.4, 0.5) is 4.79 Å². The zero-order valence-corrected chi connectivity index (χ0v) is 20.5. The number of ether oxygens (including phenoxy) is 4. The molecule has 33 heavy (non-hydrogen) atoms. The maximum absolute atomic E-state index is 13.0. The largest absolute Gasteiger partial charge is 0.478 e. The van der Waals surface area contributed by atoms with Crippen LogP contribution < -0.4 is 10.1 Å². The van der Waals surface area contributed by atoms with Crippen molar-refractivity contribution in [2.24, 2.45) is 0 Å². The van der Waals surface area contributed by atoms with Crippen molar-refractivity contribution in [1.29, 1.82) is 0 Å². The molecule has 2 aliphatic rings. The summed E-state index contributed by atoms with van der Waals surface area (Å²) in [5.41, 5.74) is 0.137. The minimum absolute atomic E-state index is 0.0490. The van der Waals surface area contributed by atoms with Gasteiger partial charge in [0.2, 0.25) is 11.8 Å². The van der Waals surface area contributed by atoms with Crippen LogP contribution in [0.3, 0.4) is 0 Å². The van der Waals surface area contributed by atoms with Gasteiger partial charge in [-0.25, -0.2) is 9.78 Å². The summed E-state index contributed by atoms with van der Waals surface area (Å²) in [6.45, 7) is 13.6. The molecule has 184 valence electrons. The van der Waals surface area contributed by atoms with Crippen molar-refractivity contribution in [2.75, 3.05) is 32.9 Å². The van der Waals surface area contributed by atoms with Gasteiger partial charge in [0.1, 0.15) is 11.4 Å². The molecule has 3 heterocycles. The summed E-state index contributed by atoms with van der Waals surface area (Å²) < 4.78 is 22.5. The molecule has 1 aromatic rings. The molecule has 2 amide bonds. The molecule has 2 fully saturated rings. The topological polar surface area (TPSA) is 112 Å². The Labute approximate surface area is 195 Å². The first-order valence-electron chi connectivity index (χ1n) is 11.5. The van der Waals surface area contributed by atoms with E-state index in [1.807, 2.05) is 34.6 Å². The number of nitrogens with zero attached hydrogens (tertiary/aromatic N) is 3. The van der Waals surface area contributed by atoms with Gasteiger partial charge in [0, 0.05) is 18.6 Å². The van der Waals surface area contributed by atoms with Gasteiger partial charge >= 0.3 is 6.09 Å². The average Bonchev–Trinajstić information content (AvgIpc) is 3.21. The number of hydrogen-bond acceptors (Lipinski definition) is 8. The van der Waals surface area contributed by atoms with E-state index in [1.165, 1.54) is 0 Å². The average molecular weight is 465 g/mol. The predicted molar refractivity (Wildman–Crippen MR) is 120 cm³/mol. The van der Waals surface area contributed by atoms with Crippen LogP contribution >= 0.6 is 0 Å². The Hall–Kier alpha value is -2.46. The molecule has 1 aromatic heterocycles. The quantitative estimate of drug-likeness (QED) is 0.684. The summed E-state index contributed by atoms with van der Waals surface area (Å²) in [7, 11) is 0. The second kappa shape index (κ2) is 10.2. The molecule has 0 radical (unpaired) electrons. The second-order valence-corrected chi connectivity index (χ2v) is 9.70. The highest BCUT2D eigenvalue weighted by Crippen LogP contribution is 2.33. The molecule has 2 aliphatic heterocycles. The predicted octanol–water partition coefficient (Wildman–Crippen LogP) is 2.68. The molecular weight excluding hydrogens is 428 g/mol. The summed E-state index contributed by atoms with van der Waals surface area (Å²) in [6, 6.07) is 0. The third-order valence-corrected chi connectivity index (χ3v) is 5.53. The maximum atomic E-state index is 13.0. The molecule has 3 rings (SSSR count). The van der Waals surface area contributed by atoms with Crippen molar-refractivity contribution in [3.63, 3.8) is 0 Å². The zero-order valence-electron chi connectivity index (χ0n) is 20.5. The van der Waals surface area contributed by atoms with E-state index < -0.39 is 17.4 Å². The monoisotopic (exact) mass is 464 g/mol.